The predicted molar refractivity (Wildman–Crippen MR) is 101 cm³/mol. The second-order valence-corrected chi connectivity index (χ2v) is 8.18. The number of anilines is 1. The average molecular weight is 391 g/mol. The molecule has 2 N–H and O–H groups in total. The number of halogens is 1. The van der Waals surface area contributed by atoms with Gasteiger partial charge in [0.1, 0.15) is 5.82 Å². The maximum atomic E-state index is 13.2. The summed E-state index contributed by atoms with van der Waals surface area (Å²) >= 11 is 0. The van der Waals surface area contributed by atoms with Gasteiger partial charge in [-0.3, -0.25) is 4.79 Å². The van der Waals surface area contributed by atoms with Crippen molar-refractivity contribution in [2.24, 2.45) is 0 Å². The van der Waals surface area contributed by atoms with Crippen LogP contribution in [0.1, 0.15) is 12.8 Å². The Balaban J connectivity index is 1.51. The molecule has 0 aliphatic carbocycles. The van der Waals surface area contributed by atoms with Crippen LogP contribution in [0.15, 0.2) is 59.5 Å². The number of carbonyl (C=O) groups excluding carboxylic acids is 1. The Morgan fingerprint density at radius 1 is 1.15 bits per heavy atom. The summed E-state index contributed by atoms with van der Waals surface area (Å²) in [5.41, 5.74) is 1.11. The predicted octanol–water partition coefficient (Wildman–Crippen LogP) is 1.89. The lowest BCUT2D eigenvalue weighted by Crippen LogP contribution is -2.43. The molecule has 3 rings (SSSR count). The molecule has 1 amide bonds. The number of nitrogens with zero attached hydrogens (tertiary/aromatic N) is 1. The molecule has 1 saturated heterocycles. The minimum absolute atomic E-state index is 0.177. The summed E-state index contributed by atoms with van der Waals surface area (Å²) in [6.45, 7) is 0.975. The van der Waals surface area contributed by atoms with Crippen molar-refractivity contribution >= 4 is 21.6 Å². The number of sulfonamides is 1. The van der Waals surface area contributed by atoms with E-state index in [-0.39, 0.29) is 10.9 Å². The third-order valence-electron chi connectivity index (χ3n) is 4.53. The van der Waals surface area contributed by atoms with Gasteiger partial charge in [-0.05, 0) is 43.2 Å². The van der Waals surface area contributed by atoms with E-state index in [4.69, 9.17) is 0 Å². The van der Waals surface area contributed by atoms with Gasteiger partial charge >= 0.3 is 0 Å². The number of para-hydroxylation sites is 1. The summed E-state index contributed by atoms with van der Waals surface area (Å²) in [6.07, 6.45) is 2.01. The van der Waals surface area contributed by atoms with Crippen LogP contribution in [0.25, 0.3) is 0 Å². The fraction of sp³-hybridized carbons (Fsp3) is 0.316. The van der Waals surface area contributed by atoms with Gasteiger partial charge in [-0.15, -0.1) is 0 Å². The van der Waals surface area contributed by atoms with E-state index in [2.05, 4.69) is 14.9 Å². The van der Waals surface area contributed by atoms with E-state index in [0.29, 0.717) is 6.54 Å². The number of nitrogens with one attached hydrogen (secondary N) is 2. The first-order chi connectivity index (χ1) is 13.0. The number of rotatable bonds is 7. The van der Waals surface area contributed by atoms with Gasteiger partial charge < -0.3 is 10.2 Å². The van der Waals surface area contributed by atoms with Crippen molar-refractivity contribution in [1.82, 2.24) is 10.0 Å². The highest BCUT2D eigenvalue weighted by Crippen LogP contribution is 2.24. The highest BCUT2D eigenvalue weighted by Gasteiger charge is 2.25. The second kappa shape index (κ2) is 8.49. The third kappa shape index (κ3) is 5.05. The molecule has 0 bridgehead atoms. The van der Waals surface area contributed by atoms with Crippen molar-refractivity contribution in [2.45, 2.75) is 23.8 Å². The third-order valence-corrected chi connectivity index (χ3v) is 5.93. The zero-order valence-corrected chi connectivity index (χ0v) is 15.6. The van der Waals surface area contributed by atoms with Crippen molar-refractivity contribution in [2.75, 3.05) is 24.5 Å². The van der Waals surface area contributed by atoms with E-state index in [0.717, 1.165) is 37.2 Å². The maximum absolute atomic E-state index is 13.2. The van der Waals surface area contributed by atoms with Crippen LogP contribution in [-0.2, 0) is 14.8 Å². The quantitative estimate of drug-likeness (QED) is 0.756. The minimum Gasteiger partial charge on any atom is -0.367 e. The molecular weight excluding hydrogens is 369 g/mol. The second-order valence-electron chi connectivity index (χ2n) is 6.41. The van der Waals surface area contributed by atoms with E-state index < -0.39 is 28.3 Å². The Labute approximate surface area is 158 Å². The van der Waals surface area contributed by atoms with E-state index in [1.165, 1.54) is 12.1 Å². The van der Waals surface area contributed by atoms with E-state index >= 15 is 0 Å². The smallest absolute Gasteiger partial charge is 0.241 e. The highest BCUT2D eigenvalue weighted by molar-refractivity contribution is 7.89. The van der Waals surface area contributed by atoms with Crippen molar-refractivity contribution in [1.29, 1.82) is 0 Å². The summed E-state index contributed by atoms with van der Waals surface area (Å²) in [7, 11) is -3.93. The van der Waals surface area contributed by atoms with Crippen LogP contribution < -0.4 is 14.9 Å². The van der Waals surface area contributed by atoms with Gasteiger partial charge in [0.2, 0.25) is 15.9 Å². The lowest BCUT2D eigenvalue weighted by atomic mass is 10.2. The van der Waals surface area contributed by atoms with Crippen molar-refractivity contribution in [3.8, 4) is 0 Å². The first-order valence-corrected chi connectivity index (χ1v) is 10.3. The van der Waals surface area contributed by atoms with Gasteiger partial charge in [0.15, 0.2) is 0 Å². The zero-order chi connectivity index (χ0) is 19.3. The number of hydrogen-bond donors (Lipinski definition) is 2. The molecule has 0 saturated carbocycles. The van der Waals surface area contributed by atoms with Gasteiger partial charge in [-0.25, -0.2) is 17.5 Å². The Kier molecular flexibility index (Phi) is 6.08. The molecule has 144 valence electrons. The molecule has 1 heterocycles. The van der Waals surface area contributed by atoms with Crippen LogP contribution in [0, 0.1) is 5.82 Å². The SMILES string of the molecule is O=C(CNS(=O)(=O)c1cccc(F)c1)NCC1CCCN1c1ccccc1. The van der Waals surface area contributed by atoms with Gasteiger partial charge in [0.25, 0.3) is 0 Å². The first-order valence-electron chi connectivity index (χ1n) is 8.79. The van der Waals surface area contributed by atoms with Crippen LogP contribution in [0.4, 0.5) is 10.1 Å². The molecule has 1 fully saturated rings. The van der Waals surface area contributed by atoms with Gasteiger partial charge in [0.05, 0.1) is 11.4 Å². The van der Waals surface area contributed by atoms with Crippen molar-refractivity contribution in [3.05, 3.63) is 60.4 Å². The zero-order valence-electron chi connectivity index (χ0n) is 14.8. The van der Waals surface area contributed by atoms with Gasteiger partial charge in [0, 0.05) is 24.8 Å². The average Bonchev–Trinajstić information content (AvgIpc) is 3.14. The summed E-state index contributed by atoms with van der Waals surface area (Å²) < 4.78 is 39.6. The fourth-order valence-electron chi connectivity index (χ4n) is 3.18. The summed E-state index contributed by atoms with van der Waals surface area (Å²) in [4.78, 5) is 14.1. The monoisotopic (exact) mass is 391 g/mol. The lowest BCUT2D eigenvalue weighted by Gasteiger charge is -2.27. The minimum atomic E-state index is -3.93. The van der Waals surface area contributed by atoms with Crippen LogP contribution >= 0.6 is 0 Å². The molecule has 6 nitrogen and oxygen atoms in total. The lowest BCUT2D eigenvalue weighted by molar-refractivity contribution is -0.120. The molecule has 0 spiro atoms. The van der Waals surface area contributed by atoms with Crippen LogP contribution in [0.2, 0.25) is 0 Å². The Hall–Kier alpha value is -2.45. The highest BCUT2D eigenvalue weighted by atomic mass is 32.2. The molecule has 1 aliphatic heterocycles. The molecule has 1 atom stereocenters. The largest absolute Gasteiger partial charge is 0.367 e. The van der Waals surface area contributed by atoms with Crippen LogP contribution in [0.3, 0.4) is 0 Å². The molecule has 1 unspecified atom stereocenters. The molecule has 2 aromatic rings. The summed E-state index contributed by atoms with van der Waals surface area (Å²) in [6, 6.07) is 14.8. The molecule has 0 radical (unpaired) electrons. The van der Waals surface area contributed by atoms with Crippen LogP contribution in [0.5, 0.6) is 0 Å². The molecule has 2 aromatic carbocycles. The molecule has 27 heavy (non-hydrogen) atoms. The molecule has 8 heteroatoms. The van der Waals surface area contributed by atoms with E-state index in [9.17, 15) is 17.6 Å². The number of benzene rings is 2. The number of amides is 1. The normalized spacial score (nSPS) is 17.1. The van der Waals surface area contributed by atoms with E-state index in [1.807, 2.05) is 30.3 Å². The standard InChI is InChI=1S/C19H22FN3O3S/c20-15-6-4-10-18(12-15)27(25,26)22-14-19(24)21-13-17-9-5-11-23(17)16-7-2-1-3-8-16/h1-4,6-8,10,12,17,22H,5,9,11,13-14H2,(H,21,24). The Bertz CT molecular complexity index is 890. The first kappa shape index (κ1) is 19.3. The van der Waals surface area contributed by atoms with E-state index in [1.54, 1.807) is 0 Å². The van der Waals surface area contributed by atoms with Gasteiger partial charge in [-0.2, -0.15) is 0 Å². The Morgan fingerprint density at radius 3 is 2.67 bits per heavy atom. The summed E-state index contributed by atoms with van der Waals surface area (Å²) in [5.74, 6) is -1.07. The summed E-state index contributed by atoms with van der Waals surface area (Å²) in [5, 5.41) is 2.78. The topological polar surface area (TPSA) is 78.5 Å². The molecule has 0 aromatic heterocycles. The molecular formula is C19H22FN3O3S. The van der Waals surface area contributed by atoms with Crippen LogP contribution in [-0.4, -0.2) is 40.0 Å². The van der Waals surface area contributed by atoms with Gasteiger partial charge in [-0.1, -0.05) is 24.3 Å². The number of hydrogen-bond acceptors (Lipinski definition) is 4. The van der Waals surface area contributed by atoms with Crippen molar-refractivity contribution in [3.63, 3.8) is 0 Å². The Morgan fingerprint density at radius 2 is 1.93 bits per heavy atom. The van der Waals surface area contributed by atoms with Crippen molar-refractivity contribution < 1.29 is 17.6 Å². The fourth-order valence-corrected chi connectivity index (χ4v) is 4.19. The molecule has 1 aliphatic rings. The number of carbonyl (C=O) groups is 1. The maximum Gasteiger partial charge on any atom is 0.241 e.